The van der Waals surface area contributed by atoms with Crippen LogP contribution in [0.15, 0.2) is 54.6 Å². The normalized spacial score (nSPS) is 15.1. The predicted molar refractivity (Wildman–Crippen MR) is 94.6 cm³/mol. The third-order valence-electron chi connectivity index (χ3n) is 4.39. The maximum Gasteiger partial charge on any atom is 0.253 e. The van der Waals surface area contributed by atoms with Gasteiger partial charge in [0.25, 0.3) is 5.91 Å². The number of nitrogen functional groups attached to an aromatic ring is 1. The molecule has 2 aromatic rings. The van der Waals surface area contributed by atoms with Gasteiger partial charge in [0.15, 0.2) is 0 Å². The summed E-state index contributed by atoms with van der Waals surface area (Å²) in [5.74, 6) is -0.0918. The second kappa shape index (κ2) is 7.17. The Morgan fingerprint density at radius 1 is 0.958 bits per heavy atom. The largest absolute Gasteiger partial charge is 0.397 e. The average molecular weight is 323 g/mol. The van der Waals surface area contributed by atoms with E-state index in [0.29, 0.717) is 42.9 Å². The molecule has 0 spiro atoms. The number of hydrogen-bond acceptors (Lipinski definition) is 3. The lowest BCUT2D eigenvalue weighted by atomic mass is 9.95. The van der Waals surface area contributed by atoms with E-state index in [1.807, 2.05) is 47.4 Å². The van der Waals surface area contributed by atoms with E-state index >= 15 is 0 Å². The number of nitrogens with one attached hydrogen (secondary N) is 1. The second-order valence-electron chi connectivity index (χ2n) is 6.01. The fourth-order valence-electron chi connectivity index (χ4n) is 2.95. The van der Waals surface area contributed by atoms with Crippen LogP contribution in [0, 0.1) is 5.92 Å². The fourth-order valence-corrected chi connectivity index (χ4v) is 2.95. The first-order valence-corrected chi connectivity index (χ1v) is 8.15. The molecule has 1 saturated heterocycles. The molecule has 1 aliphatic heterocycles. The Bertz CT molecular complexity index is 722. The molecule has 0 saturated carbocycles. The fraction of sp³-hybridized carbons (Fsp3) is 0.263. The van der Waals surface area contributed by atoms with E-state index in [2.05, 4.69) is 5.32 Å². The van der Waals surface area contributed by atoms with Crippen molar-refractivity contribution in [1.29, 1.82) is 0 Å². The Morgan fingerprint density at radius 3 is 2.25 bits per heavy atom. The molecule has 0 radical (unpaired) electrons. The van der Waals surface area contributed by atoms with Gasteiger partial charge in [0.05, 0.1) is 11.4 Å². The van der Waals surface area contributed by atoms with Gasteiger partial charge in [0.1, 0.15) is 0 Å². The van der Waals surface area contributed by atoms with Gasteiger partial charge in [0, 0.05) is 24.6 Å². The minimum absolute atomic E-state index is 0.0280. The summed E-state index contributed by atoms with van der Waals surface area (Å²) in [6, 6.07) is 16.5. The van der Waals surface area contributed by atoms with E-state index in [9.17, 15) is 9.59 Å². The smallest absolute Gasteiger partial charge is 0.253 e. The summed E-state index contributed by atoms with van der Waals surface area (Å²) in [4.78, 5) is 26.6. The van der Waals surface area contributed by atoms with Crippen molar-refractivity contribution in [2.75, 3.05) is 24.1 Å². The summed E-state index contributed by atoms with van der Waals surface area (Å²) in [6.07, 6.45) is 1.33. The van der Waals surface area contributed by atoms with Crippen molar-refractivity contribution in [3.63, 3.8) is 0 Å². The molecule has 0 aliphatic carbocycles. The zero-order valence-electron chi connectivity index (χ0n) is 13.4. The summed E-state index contributed by atoms with van der Waals surface area (Å²) < 4.78 is 0. The number of carbonyl (C=O) groups excluding carboxylic acids is 2. The first-order chi connectivity index (χ1) is 11.6. The molecule has 2 amide bonds. The molecule has 0 bridgehead atoms. The van der Waals surface area contributed by atoms with Crippen LogP contribution in [0.3, 0.4) is 0 Å². The van der Waals surface area contributed by atoms with Crippen molar-refractivity contribution in [2.24, 2.45) is 5.92 Å². The number of para-hydroxylation sites is 2. The highest BCUT2D eigenvalue weighted by atomic mass is 16.2. The molecule has 0 unspecified atom stereocenters. The minimum atomic E-state index is -0.0931. The summed E-state index contributed by atoms with van der Waals surface area (Å²) in [5, 5.41) is 2.89. The quantitative estimate of drug-likeness (QED) is 0.853. The van der Waals surface area contributed by atoms with Crippen molar-refractivity contribution < 1.29 is 9.59 Å². The van der Waals surface area contributed by atoms with Gasteiger partial charge in [-0.25, -0.2) is 0 Å². The van der Waals surface area contributed by atoms with Crippen LogP contribution in [-0.2, 0) is 4.79 Å². The van der Waals surface area contributed by atoms with Crippen LogP contribution < -0.4 is 11.1 Å². The predicted octanol–water partition coefficient (Wildman–Crippen LogP) is 2.76. The van der Waals surface area contributed by atoms with Crippen molar-refractivity contribution in [2.45, 2.75) is 12.8 Å². The number of anilines is 2. The zero-order chi connectivity index (χ0) is 16.9. The van der Waals surface area contributed by atoms with Crippen LogP contribution in [0.4, 0.5) is 11.4 Å². The molecule has 0 atom stereocenters. The number of rotatable bonds is 3. The number of benzene rings is 2. The monoisotopic (exact) mass is 323 g/mol. The molecule has 3 rings (SSSR count). The number of likely N-dealkylation sites (tertiary alicyclic amines) is 1. The van der Waals surface area contributed by atoms with Crippen molar-refractivity contribution in [1.82, 2.24) is 4.90 Å². The van der Waals surface area contributed by atoms with Gasteiger partial charge in [-0.15, -0.1) is 0 Å². The van der Waals surface area contributed by atoms with Crippen molar-refractivity contribution in [3.05, 3.63) is 60.2 Å². The zero-order valence-corrected chi connectivity index (χ0v) is 13.4. The second-order valence-corrected chi connectivity index (χ2v) is 6.01. The van der Waals surface area contributed by atoms with Crippen LogP contribution in [0.5, 0.6) is 0 Å². The standard InChI is InChI=1S/C19H21N3O2/c20-16-8-4-5-9-17(16)21-18(23)14-10-12-22(13-11-14)19(24)15-6-2-1-3-7-15/h1-9,14H,10-13,20H2,(H,21,23). The number of nitrogens with two attached hydrogens (primary N) is 1. The number of amides is 2. The highest BCUT2D eigenvalue weighted by Gasteiger charge is 2.28. The number of nitrogens with zero attached hydrogens (tertiary/aromatic N) is 1. The first kappa shape index (κ1) is 16.1. The summed E-state index contributed by atoms with van der Waals surface area (Å²) in [5.41, 5.74) is 7.75. The molecule has 2 aromatic carbocycles. The Hall–Kier alpha value is -2.82. The topological polar surface area (TPSA) is 75.4 Å². The molecule has 24 heavy (non-hydrogen) atoms. The van der Waals surface area contributed by atoms with Crippen molar-refractivity contribution in [3.8, 4) is 0 Å². The molecule has 3 N–H and O–H groups in total. The molecular formula is C19H21N3O2. The third kappa shape index (κ3) is 3.56. The number of piperidine rings is 1. The van der Waals surface area contributed by atoms with E-state index < -0.39 is 0 Å². The molecule has 1 aliphatic rings. The van der Waals surface area contributed by atoms with E-state index in [1.165, 1.54) is 0 Å². The molecular weight excluding hydrogens is 302 g/mol. The van der Waals surface area contributed by atoms with Gasteiger partial charge < -0.3 is 16.0 Å². The lowest BCUT2D eigenvalue weighted by molar-refractivity contribution is -0.121. The Labute approximate surface area is 141 Å². The summed E-state index contributed by atoms with van der Waals surface area (Å²) in [6.45, 7) is 1.19. The highest BCUT2D eigenvalue weighted by Crippen LogP contribution is 2.23. The van der Waals surface area contributed by atoms with Crippen LogP contribution in [-0.4, -0.2) is 29.8 Å². The lowest BCUT2D eigenvalue weighted by Crippen LogP contribution is -2.41. The van der Waals surface area contributed by atoms with Gasteiger partial charge in [-0.3, -0.25) is 9.59 Å². The van der Waals surface area contributed by atoms with Crippen LogP contribution in [0.1, 0.15) is 23.2 Å². The number of hydrogen-bond donors (Lipinski definition) is 2. The first-order valence-electron chi connectivity index (χ1n) is 8.15. The van der Waals surface area contributed by atoms with Gasteiger partial charge in [-0.05, 0) is 37.1 Å². The van der Waals surface area contributed by atoms with E-state index in [1.54, 1.807) is 12.1 Å². The van der Waals surface area contributed by atoms with E-state index in [0.717, 1.165) is 0 Å². The Balaban J connectivity index is 1.56. The van der Waals surface area contributed by atoms with Crippen LogP contribution in [0.25, 0.3) is 0 Å². The molecule has 5 heteroatoms. The number of carbonyl (C=O) groups is 2. The lowest BCUT2D eigenvalue weighted by Gasteiger charge is -2.31. The maximum atomic E-state index is 12.4. The third-order valence-corrected chi connectivity index (χ3v) is 4.39. The van der Waals surface area contributed by atoms with E-state index in [-0.39, 0.29) is 17.7 Å². The van der Waals surface area contributed by atoms with E-state index in [4.69, 9.17) is 5.73 Å². The Morgan fingerprint density at radius 2 is 1.58 bits per heavy atom. The van der Waals surface area contributed by atoms with Crippen LogP contribution in [0.2, 0.25) is 0 Å². The summed E-state index contributed by atoms with van der Waals surface area (Å²) in [7, 11) is 0. The van der Waals surface area contributed by atoms with Gasteiger partial charge in [-0.2, -0.15) is 0 Å². The highest BCUT2D eigenvalue weighted by molar-refractivity contribution is 5.96. The Kier molecular flexibility index (Phi) is 4.79. The molecule has 0 aromatic heterocycles. The minimum Gasteiger partial charge on any atom is -0.397 e. The SMILES string of the molecule is Nc1ccccc1NC(=O)C1CCN(C(=O)c2ccccc2)CC1. The molecule has 1 fully saturated rings. The molecule has 5 nitrogen and oxygen atoms in total. The van der Waals surface area contributed by atoms with Crippen LogP contribution >= 0.6 is 0 Å². The summed E-state index contributed by atoms with van der Waals surface area (Å²) >= 11 is 0. The molecule has 124 valence electrons. The van der Waals surface area contributed by atoms with Gasteiger partial charge in [0.2, 0.25) is 5.91 Å². The van der Waals surface area contributed by atoms with Crippen molar-refractivity contribution >= 4 is 23.2 Å². The maximum absolute atomic E-state index is 12.4. The average Bonchev–Trinajstić information content (AvgIpc) is 2.64. The molecule has 1 heterocycles. The van der Waals surface area contributed by atoms with Gasteiger partial charge in [-0.1, -0.05) is 30.3 Å². The van der Waals surface area contributed by atoms with Gasteiger partial charge >= 0.3 is 0 Å².